The van der Waals surface area contributed by atoms with E-state index in [1.807, 2.05) is 30.3 Å². The highest BCUT2D eigenvalue weighted by atomic mass is 35.5. The lowest BCUT2D eigenvalue weighted by Gasteiger charge is -2.35. The fraction of sp³-hybridized carbons (Fsp3) is 0.353. The Bertz CT molecular complexity index is 884. The number of morpholine rings is 1. The summed E-state index contributed by atoms with van der Waals surface area (Å²) in [6.07, 6.45) is 1.41. The van der Waals surface area contributed by atoms with E-state index in [1.165, 1.54) is 6.33 Å². The normalized spacial score (nSPS) is 18.0. The number of hydrogen-bond acceptors (Lipinski definition) is 6. The second kappa shape index (κ2) is 6.95. The zero-order valence-corrected chi connectivity index (χ0v) is 14.6. The Morgan fingerprint density at radius 1 is 1.36 bits per heavy atom. The third kappa shape index (κ3) is 3.18. The molecule has 1 saturated heterocycles. The number of benzene rings is 1. The summed E-state index contributed by atoms with van der Waals surface area (Å²) in [4.78, 5) is 10.9. The van der Waals surface area contributed by atoms with Gasteiger partial charge in [0.1, 0.15) is 18.2 Å². The molecule has 130 valence electrons. The van der Waals surface area contributed by atoms with Crippen LogP contribution in [0.5, 0.6) is 0 Å². The van der Waals surface area contributed by atoms with Crippen LogP contribution in [0.4, 0.5) is 5.82 Å². The molecule has 25 heavy (non-hydrogen) atoms. The molecule has 0 amide bonds. The molecule has 3 heterocycles. The van der Waals surface area contributed by atoms with Gasteiger partial charge in [-0.15, -0.1) is 0 Å². The van der Waals surface area contributed by atoms with Crippen molar-refractivity contribution in [3.05, 3.63) is 52.9 Å². The van der Waals surface area contributed by atoms with Gasteiger partial charge in [0.25, 0.3) is 5.78 Å². The molecule has 8 heteroatoms. The van der Waals surface area contributed by atoms with Crippen molar-refractivity contribution in [1.82, 2.24) is 19.6 Å². The first-order valence-electron chi connectivity index (χ1n) is 8.06. The topological polar surface area (TPSA) is 64.8 Å². The quantitative estimate of drug-likeness (QED) is 0.713. The SMILES string of the molecule is COCc1cc(N2CCOC(c3ccccc3Cl)C2)n2ncnc2n1. The molecule has 1 unspecified atom stereocenters. The molecule has 4 rings (SSSR count). The molecule has 0 aliphatic carbocycles. The van der Waals surface area contributed by atoms with E-state index in [2.05, 4.69) is 20.0 Å². The molecule has 1 aliphatic rings. The highest BCUT2D eigenvalue weighted by molar-refractivity contribution is 6.31. The third-order valence-electron chi connectivity index (χ3n) is 4.22. The summed E-state index contributed by atoms with van der Waals surface area (Å²) in [6.45, 7) is 2.46. The van der Waals surface area contributed by atoms with Crippen LogP contribution in [0.25, 0.3) is 5.78 Å². The van der Waals surface area contributed by atoms with Gasteiger partial charge in [-0.05, 0) is 6.07 Å². The van der Waals surface area contributed by atoms with E-state index in [9.17, 15) is 0 Å². The number of nitrogens with zero attached hydrogens (tertiary/aromatic N) is 5. The van der Waals surface area contributed by atoms with Crippen LogP contribution in [0.3, 0.4) is 0 Å². The monoisotopic (exact) mass is 359 g/mol. The number of ether oxygens (including phenoxy) is 2. The molecule has 0 radical (unpaired) electrons. The molecule has 1 atom stereocenters. The van der Waals surface area contributed by atoms with Crippen LogP contribution in [0.2, 0.25) is 5.02 Å². The molecule has 1 aromatic carbocycles. The Morgan fingerprint density at radius 2 is 2.24 bits per heavy atom. The second-order valence-corrected chi connectivity index (χ2v) is 6.24. The number of methoxy groups -OCH3 is 1. The number of rotatable bonds is 4. The Kier molecular flexibility index (Phi) is 4.52. The lowest BCUT2D eigenvalue weighted by Crippen LogP contribution is -2.39. The zero-order chi connectivity index (χ0) is 17.2. The van der Waals surface area contributed by atoms with E-state index in [1.54, 1.807) is 11.6 Å². The molecule has 1 fully saturated rings. The van der Waals surface area contributed by atoms with Crippen molar-refractivity contribution in [2.75, 3.05) is 31.7 Å². The molecule has 0 N–H and O–H groups in total. The number of halogens is 1. The standard InChI is InChI=1S/C17H18ClN5O2/c1-24-10-12-8-16(23-17(21-12)19-11-20-23)22-6-7-25-15(9-22)13-4-2-3-5-14(13)18/h2-5,8,11,15H,6-7,9-10H2,1H3. The summed E-state index contributed by atoms with van der Waals surface area (Å²) in [5.74, 6) is 1.49. The summed E-state index contributed by atoms with van der Waals surface area (Å²) < 4.78 is 12.9. The van der Waals surface area contributed by atoms with Gasteiger partial charge in [-0.2, -0.15) is 14.6 Å². The van der Waals surface area contributed by atoms with Gasteiger partial charge >= 0.3 is 0 Å². The van der Waals surface area contributed by atoms with Gasteiger partial charge in [0.05, 0.1) is 18.9 Å². The first-order chi connectivity index (χ1) is 12.3. The highest BCUT2D eigenvalue weighted by Gasteiger charge is 2.26. The van der Waals surface area contributed by atoms with Crippen LogP contribution in [0.1, 0.15) is 17.4 Å². The van der Waals surface area contributed by atoms with E-state index in [4.69, 9.17) is 21.1 Å². The minimum Gasteiger partial charge on any atom is -0.378 e. The molecule has 0 spiro atoms. The van der Waals surface area contributed by atoms with Crippen LogP contribution < -0.4 is 4.90 Å². The molecular formula is C17H18ClN5O2. The van der Waals surface area contributed by atoms with E-state index in [0.29, 0.717) is 25.5 Å². The van der Waals surface area contributed by atoms with Crippen LogP contribution in [-0.2, 0) is 16.1 Å². The third-order valence-corrected chi connectivity index (χ3v) is 4.57. The minimum absolute atomic E-state index is 0.0972. The molecule has 2 aromatic heterocycles. The Morgan fingerprint density at radius 3 is 3.08 bits per heavy atom. The molecule has 1 aliphatic heterocycles. The van der Waals surface area contributed by atoms with Crippen LogP contribution >= 0.6 is 11.6 Å². The molecule has 0 saturated carbocycles. The van der Waals surface area contributed by atoms with E-state index in [-0.39, 0.29) is 6.10 Å². The largest absolute Gasteiger partial charge is 0.378 e. The van der Waals surface area contributed by atoms with Crippen molar-refractivity contribution < 1.29 is 9.47 Å². The van der Waals surface area contributed by atoms with Gasteiger partial charge in [-0.25, -0.2) is 4.98 Å². The summed E-state index contributed by atoms with van der Waals surface area (Å²) in [5, 5.41) is 5.02. The Labute approximate surface area is 150 Å². The molecule has 3 aromatic rings. The van der Waals surface area contributed by atoms with Crippen LogP contribution in [0, 0.1) is 0 Å². The van der Waals surface area contributed by atoms with Gasteiger partial charge in [-0.1, -0.05) is 29.8 Å². The first kappa shape index (κ1) is 16.3. The van der Waals surface area contributed by atoms with Crippen LogP contribution in [-0.4, -0.2) is 46.4 Å². The van der Waals surface area contributed by atoms with Crippen molar-refractivity contribution in [3.63, 3.8) is 0 Å². The smallest absolute Gasteiger partial charge is 0.254 e. The van der Waals surface area contributed by atoms with Gasteiger partial charge in [-0.3, -0.25) is 0 Å². The first-order valence-corrected chi connectivity index (χ1v) is 8.43. The molecule has 0 bridgehead atoms. The maximum absolute atomic E-state index is 6.34. The second-order valence-electron chi connectivity index (χ2n) is 5.84. The van der Waals surface area contributed by atoms with Crippen molar-refractivity contribution in [2.45, 2.75) is 12.7 Å². The van der Waals surface area contributed by atoms with Gasteiger partial charge in [0.2, 0.25) is 0 Å². The van der Waals surface area contributed by atoms with Gasteiger partial charge < -0.3 is 14.4 Å². The number of fused-ring (bicyclic) bond motifs is 1. The van der Waals surface area contributed by atoms with E-state index < -0.39 is 0 Å². The van der Waals surface area contributed by atoms with Crippen LogP contribution in [0.15, 0.2) is 36.7 Å². The molecule has 7 nitrogen and oxygen atoms in total. The van der Waals surface area contributed by atoms with Gasteiger partial charge in [0, 0.05) is 36.9 Å². The van der Waals surface area contributed by atoms with E-state index in [0.717, 1.165) is 28.6 Å². The summed E-state index contributed by atoms with van der Waals surface area (Å²) in [6, 6.07) is 9.77. The average molecular weight is 360 g/mol. The maximum atomic E-state index is 6.34. The predicted molar refractivity (Wildman–Crippen MR) is 93.9 cm³/mol. The summed E-state index contributed by atoms with van der Waals surface area (Å²) in [7, 11) is 1.65. The van der Waals surface area contributed by atoms with Crippen molar-refractivity contribution >= 4 is 23.2 Å². The number of hydrogen-bond donors (Lipinski definition) is 0. The van der Waals surface area contributed by atoms with Crippen molar-refractivity contribution in [3.8, 4) is 0 Å². The lowest BCUT2D eigenvalue weighted by molar-refractivity contribution is 0.0394. The minimum atomic E-state index is -0.0972. The van der Waals surface area contributed by atoms with E-state index >= 15 is 0 Å². The van der Waals surface area contributed by atoms with Crippen molar-refractivity contribution in [1.29, 1.82) is 0 Å². The fourth-order valence-corrected chi connectivity index (χ4v) is 3.33. The Balaban J connectivity index is 1.68. The molecular weight excluding hydrogens is 342 g/mol. The number of aromatic nitrogens is 4. The van der Waals surface area contributed by atoms with Gasteiger partial charge in [0.15, 0.2) is 0 Å². The summed E-state index contributed by atoms with van der Waals surface area (Å²) >= 11 is 6.34. The maximum Gasteiger partial charge on any atom is 0.254 e. The zero-order valence-electron chi connectivity index (χ0n) is 13.8. The lowest BCUT2D eigenvalue weighted by atomic mass is 10.1. The average Bonchev–Trinajstić information content (AvgIpc) is 3.10. The predicted octanol–water partition coefficient (Wildman–Crippen LogP) is 2.50. The van der Waals surface area contributed by atoms with Crippen molar-refractivity contribution in [2.24, 2.45) is 0 Å². The highest BCUT2D eigenvalue weighted by Crippen LogP contribution is 2.30. The number of anilines is 1. The fourth-order valence-electron chi connectivity index (χ4n) is 3.07. The summed E-state index contributed by atoms with van der Waals surface area (Å²) in [5.41, 5.74) is 1.81. The Hall–Kier alpha value is -2.22.